The Bertz CT molecular complexity index is 571. The van der Waals surface area contributed by atoms with E-state index in [1.165, 1.54) is 11.3 Å². The van der Waals surface area contributed by atoms with E-state index in [-0.39, 0.29) is 6.10 Å². The molecule has 3 rings (SSSR count). The van der Waals surface area contributed by atoms with Gasteiger partial charge in [0.25, 0.3) is 0 Å². The van der Waals surface area contributed by atoms with E-state index >= 15 is 0 Å². The summed E-state index contributed by atoms with van der Waals surface area (Å²) in [5, 5.41) is 6.94. The monoisotopic (exact) mass is 302 g/mol. The van der Waals surface area contributed by atoms with Gasteiger partial charge in [-0.15, -0.1) is 11.3 Å². The average Bonchev–Trinajstić information content (AvgIpc) is 3.09. The molecule has 2 atom stereocenters. The van der Waals surface area contributed by atoms with Crippen LogP contribution in [-0.4, -0.2) is 23.7 Å². The number of para-hydroxylation sites is 1. The molecule has 2 aromatic rings. The summed E-state index contributed by atoms with van der Waals surface area (Å²) in [6, 6.07) is 8.68. The highest BCUT2D eigenvalue weighted by atomic mass is 32.1. The Hall–Kier alpha value is -1.39. The zero-order valence-electron chi connectivity index (χ0n) is 12.6. The van der Waals surface area contributed by atoms with Crippen molar-refractivity contribution >= 4 is 11.3 Å². The molecule has 0 aliphatic carbocycles. The second-order valence-electron chi connectivity index (χ2n) is 5.59. The van der Waals surface area contributed by atoms with Gasteiger partial charge in [-0.1, -0.05) is 25.1 Å². The van der Waals surface area contributed by atoms with Gasteiger partial charge in [0.15, 0.2) is 0 Å². The van der Waals surface area contributed by atoms with Gasteiger partial charge < -0.3 is 10.1 Å². The van der Waals surface area contributed by atoms with Gasteiger partial charge in [0, 0.05) is 24.3 Å². The summed E-state index contributed by atoms with van der Waals surface area (Å²) in [5.41, 5.74) is 2.49. The maximum Gasteiger partial charge on any atom is 0.123 e. The van der Waals surface area contributed by atoms with Crippen molar-refractivity contribution in [3.8, 4) is 5.75 Å². The molecule has 1 aromatic carbocycles. The number of aromatic nitrogens is 1. The summed E-state index contributed by atoms with van der Waals surface area (Å²) in [5.74, 6) is 1.04. The average molecular weight is 302 g/mol. The third-order valence-electron chi connectivity index (χ3n) is 3.87. The lowest BCUT2D eigenvalue weighted by Gasteiger charge is -2.24. The standard InChI is InChI=1S/C17H22N2OS/c1-3-8-18-15(10-14-11-21-12(2)19-14)17-9-13-6-4-5-7-16(13)20-17/h4-7,11,15,17-18H,3,8-10H2,1-2H3. The number of nitrogens with zero attached hydrogens (tertiary/aromatic N) is 1. The first kappa shape index (κ1) is 14.5. The number of ether oxygens (including phenoxy) is 1. The van der Waals surface area contributed by atoms with E-state index in [0.29, 0.717) is 6.04 Å². The van der Waals surface area contributed by atoms with Crippen LogP contribution in [0, 0.1) is 6.92 Å². The second-order valence-corrected chi connectivity index (χ2v) is 6.65. The first-order valence-corrected chi connectivity index (χ1v) is 8.53. The van der Waals surface area contributed by atoms with E-state index in [2.05, 4.69) is 47.7 Å². The minimum atomic E-state index is 0.205. The summed E-state index contributed by atoms with van der Waals surface area (Å²) >= 11 is 1.72. The lowest BCUT2D eigenvalue weighted by Crippen LogP contribution is -2.44. The first-order chi connectivity index (χ1) is 10.3. The molecule has 2 unspecified atom stereocenters. The van der Waals surface area contributed by atoms with Crippen molar-refractivity contribution in [1.82, 2.24) is 10.3 Å². The maximum atomic E-state index is 6.16. The van der Waals surface area contributed by atoms with Crippen molar-refractivity contribution in [3.63, 3.8) is 0 Å². The number of benzene rings is 1. The fourth-order valence-corrected chi connectivity index (χ4v) is 3.45. The Labute approximate surface area is 130 Å². The number of hydrogen-bond acceptors (Lipinski definition) is 4. The molecule has 1 aliphatic rings. The van der Waals surface area contributed by atoms with Crippen LogP contribution in [0.1, 0.15) is 29.6 Å². The number of hydrogen-bond donors (Lipinski definition) is 1. The normalized spacial score (nSPS) is 18.3. The molecule has 0 radical (unpaired) electrons. The van der Waals surface area contributed by atoms with Crippen molar-refractivity contribution in [3.05, 3.63) is 45.9 Å². The molecule has 4 heteroatoms. The van der Waals surface area contributed by atoms with Crippen LogP contribution in [0.15, 0.2) is 29.6 Å². The van der Waals surface area contributed by atoms with E-state index in [0.717, 1.165) is 36.6 Å². The maximum absolute atomic E-state index is 6.16. The third kappa shape index (κ3) is 3.44. The van der Waals surface area contributed by atoms with Crippen LogP contribution in [0.5, 0.6) is 5.75 Å². The van der Waals surface area contributed by atoms with Gasteiger partial charge >= 0.3 is 0 Å². The summed E-state index contributed by atoms with van der Waals surface area (Å²) in [6.07, 6.45) is 3.26. The summed E-state index contributed by atoms with van der Waals surface area (Å²) in [6.45, 7) is 5.27. The Balaban J connectivity index is 1.71. The smallest absolute Gasteiger partial charge is 0.123 e. The highest BCUT2D eigenvalue weighted by Gasteiger charge is 2.30. The molecular weight excluding hydrogens is 280 g/mol. The van der Waals surface area contributed by atoms with Crippen molar-refractivity contribution in [1.29, 1.82) is 0 Å². The second kappa shape index (κ2) is 6.58. The van der Waals surface area contributed by atoms with Crippen LogP contribution in [0.2, 0.25) is 0 Å². The SMILES string of the molecule is CCCNC(Cc1csc(C)n1)C1Cc2ccccc2O1. The molecule has 0 saturated heterocycles. The number of thiazole rings is 1. The molecule has 0 fully saturated rings. The van der Waals surface area contributed by atoms with E-state index in [4.69, 9.17) is 4.74 Å². The topological polar surface area (TPSA) is 34.2 Å². The van der Waals surface area contributed by atoms with E-state index < -0.39 is 0 Å². The summed E-state index contributed by atoms with van der Waals surface area (Å²) in [7, 11) is 0. The lowest BCUT2D eigenvalue weighted by atomic mass is 10.0. The zero-order valence-corrected chi connectivity index (χ0v) is 13.5. The Kier molecular flexibility index (Phi) is 4.56. The number of rotatable bonds is 6. The van der Waals surface area contributed by atoms with Crippen LogP contribution >= 0.6 is 11.3 Å². The van der Waals surface area contributed by atoms with Gasteiger partial charge in [-0.3, -0.25) is 0 Å². The van der Waals surface area contributed by atoms with Crippen LogP contribution in [0.3, 0.4) is 0 Å². The highest BCUT2D eigenvalue weighted by Crippen LogP contribution is 2.30. The molecule has 112 valence electrons. The van der Waals surface area contributed by atoms with Crippen molar-refractivity contribution in [2.75, 3.05) is 6.54 Å². The Morgan fingerprint density at radius 2 is 2.29 bits per heavy atom. The van der Waals surface area contributed by atoms with Crippen molar-refractivity contribution in [2.45, 2.75) is 45.3 Å². The number of aryl methyl sites for hydroxylation is 1. The van der Waals surface area contributed by atoms with Crippen LogP contribution in [0.4, 0.5) is 0 Å². The molecule has 1 aromatic heterocycles. The van der Waals surface area contributed by atoms with Gasteiger partial charge in [-0.25, -0.2) is 4.98 Å². The predicted octanol–water partition coefficient (Wildman–Crippen LogP) is 3.37. The van der Waals surface area contributed by atoms with Crippen LogP contribution in [-0.2, 0) is 12.8 Å². The molecule has 0 bridgehead atoms. The van der Waals surface area contributed by atoms with Gasteiger partial charge in [0.05, 0.1) is 10.7 Å². The zero-order chi connectivity index (χ0) is 14.7. The van der Waals surface area contributed by atoms with Crippen LogP contribution in [0.25, 0.3) is 0 Å². The minimum absolute atomic E-state index is 0.205. The van der Waals surface area contributed by atoms with Gasteiger partial charge in [0.1, 0.15) is 11.9 Å². The number of fused-ring (bicyclic) bond motifs is 1. The Morgan fingerprint density at radius 1 is 1.43 bits per heavy atom. The molecule has 21 heavy (non-hydrogen) atoms. The first-order valence-electron chi connectivity index (χ1n) is 7.65. The molecule has 2 heterocycles. The molecule has 3 nitrogen and oxygen atoms in total. The molecule has 0 spiro atoms. The van der Waals surface area contributed by atoms with Crippen LogP contribution < -0.4 is 10.1 Å². The molecule has 0 amide bonds. The highest BCUT2D eigenvalue weighted by molar-refractivity contribution is 7.09. The fourth-order valence-electron chi connectivity index (χ4n) is 2.83. The van der Waals surface area contributed by atoms with Crippen molar-refractivity contribution in [2.24, 2.45) is 0 Å². The Morgan fingerprint density at radius 3 is 3.00 bits per heavy atom. The third-order valence-corrected chi connectivity index (χ3v) is 4.70. The number of nitrogens with one attached hydrogen (secondary N) is 1. The predicted molar refractivity (Wildman–Crippen MR) is 87.2 cm³/mol. The van der Waals surface area contributed by atoms with E-state index in [1.54, 1.807) is 11.3 Å². The van der Waals surface area contributed by atoms with E-state index in [9.17, 15) is 0 Å². The quantitative estimate of drug-likeness (QED) is 0.888. The van der Waals surface area contributed by atoms with Gasteiger partial charge in [-0.2, -0.15) is 0 Å². The fraction of sp³-hybridized carbons (Fsp3) is 0.471. The molecule has 0 saturated carbocycles. The lowest BCUT2D eigenvalue weighted by molar-refractivity contribution is 0.176. The van der Waals surface area contributed by atoms with Crippen molar-refractivity contribution < 1.29 is 4.74 Å². The molecule has 1 N–H and O–H groups in total. The summed E-state index contributed by atoms with van der Waals surface area (Å²) in [4.78, 5) is 4.60. The minimum Gasteiger partial charge on any atom is -0.488 e. The summed E-state index contributed by atoms with van der Waals surface area (Å²) < 4.78 is 6.16. The van der Waals surface area contributed by atoms with Gasteiger partial charge in [-0.05, 0) is 31.5 Å². The van der Waals surface area contributed by atoms with E-state index in [1.807, 2.05) is 6.07 Å². The molecular formula is C17H22N2OS. The van der Waals surface area contributed by atoms with Gasteiger partial charge in [0.2, 0.25) is 0 Å². The molecule has 1 aliphatic heterocycles. The largest absolute Gasteiger partial charge is 0.488 e.